The summed E-state index contributed by atoms with van der Waals surface area (Å²) >= 11 is 0. The van der Waals surface area contributed by atoms with Crippen molar-refractivity contribution in [2.24, 2.45) is 29.1 Å². The molecule has 3 saturated carbocycles. The van der Waals surface area contributed by atoms with Crippen molar-refractivity contribution in [3.63, 3.8) is 0 Å². The highest BCUT2D eigenvalue weighted by Gasteiger charge is 2.51. The Labute approximate surface area is 126 Å². The maximum absolute atomic E-state index is 3.68. The molecular weight excluding hydrogens is 242 g/mol. The van der Waals surface area contributed by atoms with E-state index in [-0.39, 0.29) is 0 Å². The van der Waals surface area contributed by atoms with E-state index >= 15 is 0 Å². The Kier molecular flexibility index (Phi) is 4.45. The van der Waals surface area contributed by atoms with Crippen LogP contribution in [0.1, 0.15) is 78.6 Å². The second-order valence-electron chi connectivity index (χ2n) is 8.51. The monoisotopic (exact) mass is 277 g/mol. The maximum atomic E-state index is 3.68. The summed E-state index contributed by atoms with van der Waals surface area (Å²) < 4.78 is 0. The van der Waals surface area contributed by atoms with Gasteiger partial charge in [-0.3, -0.25) is 0 Å². The molecule has 3 fully saturated rings. The van der Waals surface area contributed by atoms with Crippen LogP contribution in [-0.2, 0) is 0 Å². The molecule has 1 heteroatoms. The molecule has 0 aliphatic heterocycles. The zero-order valence-corrected chi connectivity index (χ0v) is 14.0. The van der Waals surface area contributed by atoms with Crippen molar-refractivity contribution < 1.29 is 0 Å². The van der Waals surface area contributed by atoms with Gasteiger partial charge in [-0.15, -0.1) is 0 Å². The van der Waals surface area contributed by atoms with E-state index < -0.39 is 0 Å². The molecule has 3 aliphatic carbocycles. The molecule has 0 unspecified atom stereocenters. The summed E-state index contributed by atoms with van der Waals surface area (Å²) in [6, 6.07) is 0.887. The van der Waals surface area contributed by atoms with E-state index in [4.69, 9.17) is 0 Å². The predicted octanol–water partition coefficient (Wildman–Crippen LogP) is 5.01. The van der Waals surface area contributed by atoms with Gasteiger partial charge in [0.15, 0.2) is 0 Å². The highest BCUT2D eigenvalue weighted by molar-refractivity contribution is 5.00. The molecule has 0 radical (unpaired) electrons. The summed E-state index contributed by atoms with van der Waals surface area (Å²) in [5, 5.41) is 3.68. The Bertz CT molecular complexity index is 322. The van der Waals surface area contributed by atoms with Crippen molar-refractivity contribution in [1.82, 2.24) is 5.32 Å². The van der Waals surface area contributed by atoms with Gasteiger partial charge in [-0.2, -0.15) is 0 Å². The van der Waals surface area contributed by atoms with E-state index in [2.05, 4.69) is 26.1 Å². The van der Waals surface area contributed by atoms with Crippen LogP contribution >= 0.6 is 0 Å². The van der Waals surface area contributed by atoms with Crippen LogP contribution in [0.25, 0.3) is 0 Å². The molecular formula is C19H35N. The first-order valence-electron chi connectivity index (χ1n) is 9.34. The first-order valence-corrected chi connectivity index (χ1v) is 9.34. The molecule has 0 spiro atoms. The second kappa shape index (κ2) is 5.99. The minimum atomic E-state index is 0.682. The molecule has 0 aromatic heterocycles. The van der Waals surface area contributed by atoms with Crippen molar-refractivity contribution in [1.29, 1.82) is 0 Å². The maximum Gasteiger partial charge on any atom is 0.00682 e. The van der Waals surface area contributed by atoms with Crippen molar-refractivity contribution in [2.45, 2.75) is 84.6 Å². The largest absolute Gasteiger partial charge is 0.314 e. The lowest BCUT2D eigenvalue weighted by atomic mass is 9.59. The smallest absolute Gasteiger partial charge is 0.00682 e. The number of hydrogen-bond acceptors (Lipinski definition) is 1. The molecule has 3 rings (SSSR count). The second-order valence-corrected chi connectivity index (χ2v) is 8.51. The third-order valence-corrected chi connectivity index (χ3v) is 7.08. The summed E-state index contributed by atoms with van der Waals surface area (Å²) in [5.74, 6) is 3.98. The molecule has 5 atom stereocenters. The number of rotatable bonds is 6. The van der Waals surface area contributed by atoms with E-state index in [0.717, 1.165) is 29.7 Å². The van der Waals surface area contributed by atoms with Gasteiger partial charge in [0.25, 0.3) is 0 Å². The molecule has 20 heavy (non-hydrogen) atoms. The average Bonchev–Trinajstić information content (AvgIpc) is 3.16. The summed E-state index contributed by atoms with van der Waals surface area (Å²) in [6.07, 6.45) is 13.2. The predicted molar refractivity (Wildman–Crippen MR) is 86.8 cm³/mol. The Morgan fingerprint density at radius 1 is 1.15 bits per heavy atom. The fourth-order valence-corrected chi connectivity index (χ4v) is 5.76. The van der Waals surface area contributed by atoms with Gasteiger partial charge in [0.1, 0.15) is 0 Å². The summed E-state index contributed by atoms with van der Waals surface area (Å²) in [6.45, 7) is 8.98. The van der Waals surface area contributed by atoms with Gasteiger partial charge in [0.05, 0.1) is 0 Å². The van der Waals surface area contributed by atoms with Crippen LogP contribution in [0.4, 0.5) is 0 Å². The van der Waals surface area contributed by atoms with Crippen LogP contribution in [0.5, 0.6) is 0 Å². The Morgan fingerprint density at radius 2 is 1.95 bits per heavy atom. The van der Waals surface area contributed by atoms with Crippen molar-refractivity contribution in [2.75, 3.05) is 6.54 Å². The van der Waals surface area contributed by atoms with Crippen molar-refractivity contribution in [3.8, 4) is 0 Å². The molecule has 0 heterocycles. The van der Waals surface area contributed by atoms with E-state index in [1.54, 1.807) is 0 Å². The van der Waals surface area contributed by atoms with Gasteiger partial charge < -0.3 is 5.32 Å². The number of nitrogens with one attached hydrogen (secondary N) is 1. The van der Waals surface area contributed by atoms with Gasteiger partial charge in [-0.25, -0.2) is 0 Å². The molecule has 1 nitrogen and oxygen atoms in total. The van der Waals surface area contributed by atoms with E-state index in [9.17, 15) is 0 Å². The lowest BCUT2D eigenvalue weighted by Crippen LogP contribution is -2.38. The number of hydrogen-bond donors (Lipinski definition) is 1. The van der Waals surface area contributed by atoms with Crippen LogP contribution in [-0.4, -0.2) is 12.6 Å². The average molecular weight is 277 g/mol. The first-order chi connectivity index (χ1) is 9.61. The molecule has 116 valence electrons. The fourth-order valence-electron chi connectivity index (χ4n) is 5.76. The SMILES string of the molecule is C[C@H](CCCNC1CC1)[C@H]1CC[C@H]2[C@@H](C)CCC[C@]12C. The van der Waals surface area contributed by atoms with E-state index in [1.165, 1.54) is 64.3 Å². The standard InChI is InChI=1S/C19H35N/c1-14-6-4-12-19(3)17(14)10-11-18(19)15(2)7-5-13-20-16-8-9-16/h14-18,20H,4-13H2,1-3H3/t14-,15+,17-,18+,19-/m0/s1. The van der Waals surface area contributed by atoms with Crippen molar-refractivity contribution in [3.05, 3.63) is 0 Å². The summed E-state index contributed by atoms with van der Waals surface area (Å²) in [4.78, 5) is 0. The van der Waals surface area contributed by atoms with Crippen molar-refractivity contribution >= 4 is 0 Å². The van der Waals surface area contributed by atoms with Crippen LogP contribution in [0.2, 0.25) is 0 Å². The highest BCUT2D eigenvalue weighted by atomic mass is 14.9. The van der Waals surface area contributed by atoms with Crippen LogP contribution in [0, 0.1) is 29.1 Å². The zero-order valence-electron chi connectivity index (χ0n) is 14.0. The van der Waals surface area contributed by atoms with Gasteiger partial charge in [-0.1, -0.05) is 33.6 Å². The fraction of sp³-hybridized carbons (Fsp3) is 1.00. The van der Waals surface area contributed by atoms with Gasteiger partial charge in [0, 0.05) is 6.04 Å². The van der Waals surface area contributed by atoms with E-state index in [1.807, 2.05) is 0 Å². The summed E-state index contributed by atoms with van der Waals surface area (Å²) in [7, 11) is 0. The zero-order chi connectivity index (χ0) is 14.2. The minimum Gasteiger partial charge on any atom is -0.314 e. The first kappa shape index (κ1) is 14.9. The third-order valence-electron chi connectivity index (χ3n) is 7.08. The molecule has 0 bridgehead atoms. The molecule has 0 saturated heterocycles. The number of fused-ring (bicyclic) bond motifs is 1. The topological polar surface area (TPSA) is 12.0 Å². The molecule has 0 aromatic rings. The van der Waals surface area contributed by atoms with Crippen LogP contribution < -0.4 is 5.32 Å². The third kappa shape index (κ3) is 2.93. The Hall–Kier alpha value is -0.0400. The Balaban J connectivity index is 1.50. The summed E-state index contributed by atoms with van der Waals surface area (Å²) in [5.41, 5.74) is 0.682. The molecule has 3 aliphatic rings. The molecule has 0 aromatic carbocycles. The lowest BCUT2D eigenvalue weighted by molar-refractivity contribution is 0.0348. The quantitative estimate of drug-likeness (QED) is 0.673. The van der Waals surface area contributed by atoms with Gasteiger partial charge in [-0.05, 0) is 80.6 Å². The Morgan fingerprint density at radius 3 is 2.70 bits per heavy atom. The van der Waals surface area contributed by atoms with Gasteiger partial charge in [0.2, 0.25) is 0 Å². The van der Waals surface area contributed by atoms with Crippen LogP contribution in [0.3, 0.4) is 0 Å². The van der Waals surface area contributed by atoms with Gasteiger partial charge >= 0.3 is 0 Å². The minimum absolute atomic E-state index is 0.682. The van der Waals surface area contributed by atoms with E-state index in [0.29, 0.717) is 5.41 Å². The molecule has 0 amide bonds. The lowest BCUT2D eigenvalue weighted by Gasteiger charge is -2.46. The normalized spacial score (nSPS) is 42.5. The highest BCUT2D eigenvalue weighted by Crippen LogP contribution is 2.59. The molecule has 1 N–H and O–H groups in total. The van der Waals surface area contributed by atoms with Crippen LogP contribution in [0.15, 0.2) is 0 Å².